The lowest BCUT2D eigenvalue weighted by Crippen LogP contribution is -2.25. The maximum absolute atomic E-state index is 12.0. The van der Waals surface area contributed by atoms with Gasteiger partial charge in [0, 0.05) is 13.0 Å². The molecule has 110 valence electrons. The van der Waals surface area contributed by atoms with Crippen molar-refractivity contribution >= 4 is 5.91 Å². The molecule has 1 amide bonds. The van der Waals surface area contributed by atoms with Crippen LogP contribution in [0.1, 0.15) is 56.1 Å². The van der Waals surface area contributed by atoms with E-state index in [-0.39, 0.29) is 12.5 Å². The number of amides is 1. The zero-order valence-corrected chi connectivity index (χ0v) is 12.1. The Labute approximate surface area is 121 Å². The number of benzene rings is 1. The SMILES string of the molecule is O=C(CC1CCCCCC1)NCc1cccc(CO)c1. The first-order chi connectivity index (χ1) is 9.78. The summed E-state index contributed by atoms with van der Waals surface area (Å²) in [6.07, 6.45) is 8.27. The average molecular weight is 275 g/mol. The van der Waals surface area contributed by atoms with Crippen LogP contribution in [-0.4, -0.2) is 11.0 Å². The molecule has 0 saturated heterocycles. The summed E-state index contributed by atoms with van der Waals surface area (Å²) >= 11 is 0. The molecule has 1 aliphatic rings. The summed E-state index contributed by atoms with van der Waals surface area (Å²) in [6, 6.07) is 7.71. The predicted molar refractivity (Wildman–Crippen MR) is 80.0 cm³/mol. The first kappa shape index (κ1) is 15.0. The number of carbonyl (C=O) groups is 1. The topological polar surface area (TPSA) is 49.3 Å². The molecule has 0 aromatic heterocycles. The van der Waals surface area contributed by atoms with Crippen molar-refractivity contribution in [1.29, 1.82) is 0 Å². The summed E-state index contributed by atoms with van der Waals surface area (Å²) < 4.78 is 0. The van der Waals surface area contributed by atoms with Gasteiger partial charge in [-0.2, -0.15) is 0 Å². The van der Waals surface area contributed by atoms with Gasteiger partial charge in [-0.25, -0.2) is 0 Å². The van der Waals surface area contributed by atoms with Gasteiger partial charge < -0.3 is 10.4 Å². The van der Waals surface area contributed by atoms with Crippen molar-refractivity contribution in [2.45, 2.75) is 58.1 Å². The van der Waals surface area contributed by atoms with Crippen molar-refractivity contribution < 1.29 is 9.90 Å². The molecular weight excluding hydrogens is 250 g/mol. The lowest BCUT2D eigenvalue weighted by atomic mass is 9.96. The van der Waals surface area contributed by atoms with E-state index in [1.54, 1.807) is 0 Å². The van der Waals surface area contributed by atoms with Gasteiger partial charge in [-0.1, -0.05) is 49.9 Å². The van der Waals surface area contributed by atoms with Crippen LogP contribution in [0.15, 0.2) is 24.3 Å². The molecule has 3 nitrogen and oxygen atoms in total. The van der Waals surface area contributed by atoms with Crippen LogP contribution >= 0.6 is 0 Å². The molecule has 1 aromatic rings. The third-order valence-corrected chi connectivity index (χ3v) is 4.11. The Kier molecular flexibility index (Phi) is 6.06. The molecule has 2 N–H and O–H groups in total. The molecule has 20 heavy (non-hydrogen) atoms. The van der Waals surface area contributed by atoms with E-state index in [1.807, 2.05) is 24.3 Å². The van der Waals surface area contributed by atoms with Crippen molar-refractivity contribution in [3.8, 4) is 0 Å². The highest BCUT2D eigenvalue weighted by molar-refractivity contribution is 5.76. The Morgan fingerprint density at radius 3 is 2.55 bits per heavy atom. The predicted octanol–water partition coefficient (Wildman–Crippen LogP) is 3.16. The minimum absolute atomic E-state index is 0.0455. The lowest BCUT2D eigenvalue weighted by molar-refractivity contribution is -0.122. The molecule has 1 aliphatic carbocycles. The van der Waals surface area contributed by atoms with Crippen molar-refractivity contribution in [3.63, 3.8) is 0 Å². The van der Waals surface area contributed by atoms with E-state index in [9.17, 15) is 4.79 Å². The summed E-state index contributed by atoms with van der Waals surface area (Å²) in [7, 11) is 0. The van der Waals surface area contributed by atoms with Crippen LogP contribution < -0.4 is 5.32 Å². The summed E-state index contributed by atoms with van der Waals surface area (Å²) in [5.41, 5.74) is 1.94. The zero-order valence-electron chi connectivity index (χ0n) is 12.1. The van der Waals surface area contributed by atoms with E-state index in [1.165, 1.54) is 38.5 Å². The number of hydrogen-bond donors (Lipinski definition) is 2. The van der Waals surface area contributed by atoms with E-state index >= 15 is 0 Å². The second-order valence-corrected chi connectivity index (χ2v) is 5.82. The van der Waals surface area contributed by atoms with E-state index in [0.717, 1.165) is 11.1 Å². The van der Waals surface area contributed by atoms with Crippen LogP contribution in [0.5, 0.6) is 0 Å². The summed E-state index contributed by atoms with van der Waals surface area (Å²) in [4.78, 5) is 12.0. The van der Waals surface area contributed by atoms with Gasteiger partial charge in [0.25, 0.3) is 0 Å². The fourth-order valence-electron chi connectivity index (χ4n) is 2.94. The number of rotatable bonds is 5. The number of aliphatic hydroxyl groups excluding tert-OH is 1. The van der Waals surface area contributed by atoms with Gasteiger partial charge in [0.2, 0.25) is 5.91 Å². The smallest absolute Gasteiger partial charge is 0.220 e. The van der Waals surface area contributed by atoms with E-state index in [2.05, 4.69) is 5.32 Å². The quantitative estimate of drug-likeness (QED) is 0.811. The first-order valence-corrected chi connectivity index (χ1v) is 7.73. The lowest BCUT2D eigenvalue weighted by Gasteiger charge is -2.13. The maximum Gasteiger partial charge on any atom is 0.220 e. The molecule has 0 bridgehead atoms. The van der Waals surface area contributed by atoms with Crippen LogP contribution in [0.25, 0.3) is 0 Å². The number of carbonyl (C=O) groups excluding carboxylic acids is 1. The van der Waals surface area contributed by atoms with Crippen molar-refractivity contribution in [1.82, 2.24) is 5.32 Å². The molecule has 0 atom stereocenters. The Morgan fingerprint density at radius 1 is 1.15 bits per heavy atom. The van der Waals surface area contributed by atoms with Gasteiger partial charge in [0.1, 0.15) is 0 Å². The van der Waals surface area contributed by atoms with Crippen LogP contribution in [0, 0.1) is 5.92 Å². The van der Waals surface area contributed by atoms with Gasteiger partial charge in [-0.05, 0) is 29.9 Å². The Balaban J connectivity index is 1.76. The molecule has 1 fully saturated rings. The molecule has 1 aromatic carbocycles. The van der Waals surface area contributed by atoms with Gasteiger partial charge >= 0.3 is 0 Å². The van der Waals surface area contributed by atoms with Crippen molar-refractivity contribution in [2.24, 2.45) is 5.92 Å². The van der Waals surface area contributed by atoms with Gasteiger partial charge in [-0.3, -0.25) is 4.79 Å². The second-order valence-electron chi connectivity index (χ2n) is 5.82. The van der Waals surface area contributed by atoms with Crippen molar-refractivity contribution in [3.05, 3.63) is 35.4 Å². The molecular formula is C17H25NO2. The largest absolute Gasteiger partial charge is 0.392 e. The normalized spacial score (nSPS) is 16.6. The molecule has 0 aliphatic heterocycles. The fraction of sp³-hybridized carbons (Fsp3) is 0.588. The van der Waals surface area contributed by atoms with E-state index in [4.69, 9.17) is 5.11 Å². The summed E-state index contributed by atoms with van der Waals surface area (Å²) in [5.74, 6) is 0.729. The number of hydrogen-bond acceptors (Lipinski definition) is 2. The standard InChI is InChI=1S/C17H25NO2/c19-13-16-9-5-8-15(10-16)12-18-17(20)11-14-6-3-1-2-4-7-14/h5,8-10,14,19H,1-4,6-7,11-13H2,(H,18,20). The minimum Gasteiger partial charge on any atom is -0.392 e. The molecule has 3 heteroatoms. The van der Waals surface area contributed by atoms with Crippen molar-refractivity contribution in [2.75, 3.05) is 0 Å². The van der Waals surface area contributed by atoms with Crippen LogP contribution in [0.3, 0.4) is 0 Å². The average Bonchev–Trinajstić information content (AvgIpc) is 2.74. The minimum atomic E-state index is 0.0455. The maximum atomic E-state index is 12.0. The molecule has 2 rings (SSSR count). The Hall–Kier alpha value is -1.35. The van der Waals surface area contributed by atoms with Crippen LogP contribution in [-0.2, 0) is 17.9 Å². The van der Waals surface area contributed by atoms with E-state index in [0.29, 0.717) is 18.9 Å². The fourth-order valence-corrected chi connectivity index (χ4v) is 2.94. The third kappa shape index (κ3) is 4.97. The highest BCUT2D eigenvalue weighted by Crippen LogP contribution is 2.25. The molecule has 0 heterocycles. The van der Waals surface area contributed by atoms with Crippen LogP contribution in [0.2, 0.25) is 0 Å². The molecule has 1 saturated carbocycles. The Bertz CT molecular complexity index is 423. The highest BCUT2D eigenvalue weighted by Gasteiger charge is 2.15. The molecule has 0 radical (unpaired) electrons. The number of aliphatic hydroxyl groups is 1. The molecule has 0 unspecified atom stereocenters. The van der Waals surface area contributed by atoms with Crippen LogP contribution in [0.4, 0.5) is 0 Å². The monoisotopic (exact) mass is 275 g/mol. The first-order valence-electron chi connectivity index (χ1n) is 7.73. The van der Waals surface area contributed by atoms with Gasteiger partial charge in [0.15, 0.2) is 0 Å². The summed E-state index contributed by atoms with van der Waals surface area (Å²) in [5, 5.41) is 12.1. The number of nitrogens with one attached hydrogen (secondary N) is 1. The molecule has 0 spiro atoms. The Morgan fingerprint density at radius 2 is 1.85 bits per heavy atom. The van der Waals surface area contributed by atoms with Gasteiger partial charge in [0.05, 0.1) is 6.61 Å². The highest BCUT2D eigenvalue weighted by atomic mass is 16.3. The third-order valence-electron chi connectivity index (χ3n) is 4.11. The zero-order chi connectivity index (χ0) is 14.2. The van der Waals surface area contributed by atoms with E-state index < -0.39 is 0 Å². The summed E-state index contributed by atoms with van der Waals surface area (Å²) in [6.45, 7) is 0.600. The second kappa shape index (κ2) is 8.05. The van der Waals surface area contributed by atoms with Gasteiger partial charge in [-0.15, -0.1) is 0 Å².